The van der Waals surface area contributed by atoms with E-state index in [1.165, 1.54) is 18.2 Å². The fourth-order valence-corrected chi connectivity index (χ4v) is 3.11. The molecule has 0 saturated carbocycles. The molecule has 2 unspecified atom stereocenters. The number of guanidine groups is 1. The molecule has 26 heavy (non-hydrogen) atoms. The zero-order valence-corrected chi connectivity index (χ0v) is 16.1. The van der Waals surface area contributed by atoms with Crippen LogP contribution in [0.15, 0.2) is 23.2 Å². The summed E-state index contributed by atoms with van der Waals surface area (Å²) in [6, 6.07) is 3.49. The van der Waals surface area contributed by atoms with E-state index in [2.05, 4.69) is 22.5 Å². The van der Waals surface area contributed by atoms with Gasteiger partial charge in [-0.2, -0.15) is 0 Å². The minimum atomic E-state index is -0.542. The molecule has 1 aliphatic heterocycles. The molecule has 0 amide bonds. The predicted octanol–water partition coefficient (Wildman–Crippen LogP) is 2.69. The summed E-state index contributed by atoms with van der Waals surface area (Å²) in [7, 11) is 3.60. The van der Waals surface area contributed by atoms with Crippen molar-refractivity contribution in [3.05, 3.63) is 35.4 Å². The highest BCUT2D eigenvalue weighted by Crippen LogP contribution is 2.25. The van der Waals surface area contributed by atoms with Crippen LogP contribution in [-0.4, -0.2) is 56.8 Å². The summed E-state index contributed by atoms with van der Waals surface area (Å²) < 4.78 is 34.1. The zero-order valence-electron chi connectivity index (χ0n) is 16.1. The van der Waals surface area contributed by atoms with Crippen molar-refractivity contribution in [3.63, 3.8) is 0 Å². The van der Waals surface area contributed by atoms with E-state index in [1.54, 1.807) is 19.0 Å². The van der Waals surface area contributed by atoms with Gasteiger partial charge in [0.2, 0.25) is 0 Å². The van der Waals surface area contributed by atoms with E-state index in [1.807, 2.05) is 6.92 Å². The van der Waals surface area contributed by atoms with Crippen LogP contribution < -0.4 is 10.6 Å². The molecule has 0 aliphatic carbocycles. The first kappa shape index (κ1) is 20.6. The molecule has 0 radical (unpaired) electrons. The maximum Gasteiger partial charge on any atom is 0.191 e. The average Bonchev–Trinajstić information content (AvgIpc) is 3.01. The number of aliphatic imine (C=N–C) groups is 1. The summed E-state index contributed by atoms with van der Waals surface area (Å²) in [5, 5.41) is 6.38. The topological polar surface area (TPSA) is 48.9 Å². The molecule has 5 nitrogen and oxygen atoms in total. The monoisotopic (exact) mass is 368 g/mol. The van der Waals surface area contributed by atoms with Crippen molar-refractivity contribution >= 4 is 5.96 Å². The first-order chi connectivity index (χ1) is 12.4. The van der Waals surface area contributed by atoms with Gasteiger partial charge in [0, 0.05) is 25.3 Å². The van der Waals surface area contributed by atoms with Crippen molar-refractivity contribution in [2.45, 2.75) is 38.3 Å². The van der Waals surface area contributed by atoms with Gasteiger partial charge in [0.1, 0.15) is 11.6 Å². The molecule has 1 aromatic rings. The first-order valence-corrected chi connectivity index (χ1v) is 9.13. The minimum Gasteiger partial charge on any atom is -0.373 e. The third-order valence-corrected chi connectivity index (χ3v) is 4.64. The minimum absolute atomic E-state index is 0.0620. The Kier molecular flexibility index (Phi) is 7.34. The molecule has 146 valence electrons. The normalized spacial score (nSPS) is 21.9. The van der Waals surface area contributed by atoms with E-state index >= 15 is 0 Å². The first-order valence-electron chi connectivity index (χ1n) is 9.13. The molecule has 0 spiro atoms. The van der Waals surface area contributed by atoms with Gasteiger partial charge in [0.15, 0.2) is 5.96 Å². The lowest BCUT2D eigenvalue weighted by Gasteiger charge is -2.27. The molecule has 1 fully saturated rings. The molecule has 1 heterocycles. The van der Waals surface area contributed by atoms with Crippen molar-refractivity contribution < 1.29 is 13.5 Å². The van der Waals surface area contributed by atoms with Crippen LogP contribution in [0.1, 0.15) is 38.3 Å². The quantitative estimate of drug-likeness (QED) is 0.574. The second kappa shape index (κ2) is 9.28. The lowest BCUT2D eigenvalue weighted by Crippen LogP contribution is -2.43. The Balaban J connectivity index is 2.09. The average molecular weight is 368 g/mol. The van der Waals surface area contributed by atoms with Crippen molar-refractivity contribution in [2.75, 3.05) is 40.3 Å². The molecule has 7 heteroatoms. The largest absolute Gasteiger partial charge is 0.373 e. The van der Waals surface area contributed by atoms with E-state index < -0.39 is 17.7 Å². The second-order valence-electron chi connectivity index (χ2n) is 7.09. The molecule has 2 N–H and O–H groups in total. The number of ether oxygens (including phenoxy) is 1. The lowest BCUT2D eigenvalue weighted by atomic mass is 10.0. The fraction of sp³-hybridized carbons (Fsp3) is 0.632. The summed E-state index contributed by atoms with van der Waals surface area (Å²) in [6.07, 6.45) is 2.03. The number of nitrogens with zero attached hydrogens (tertiary/aromatic N) is 2. The number of rotatable bonds is 7. The number of likely N-dealkylation sites (N-methyl/N-ethyl adjacent to an activating group) is 1. The maximum absolute atomic E-state index is 14.2. The number of nitrogens with one attached hydrogen (secondary N) is 2. The van der Waals surface area contributed by atoms with E-state index in [4.69, 9.17) is 4.74 Å². The van der Waals surface area contributed by atoms with Crippen LogP contribution in [0.2, 0.25) is 0 Å². The van der Waals surface area contributed by atoms with Gasteiger partial charge in [-0.3, -0.25) is 4.99 Å². The molecule has 2 atom stereocenters. The molecule has 0 bridgehead atoms. The Morgan fingerprint density at radius 3 is 2.54 bits per heavy atom. The summed E-state index contributed by atoms with van der Waals surface area (Å²) in [4.78, 5) is 6.39. The highest BCUT2D eigenvalue weighted by atomic mass is 19.1. The third kappa shape index (κ3) is 5.38. The van der Waals surface area contributed by atoms with E-state index in [0.717, 1.165) is 19.4 Å². The highest BCUT2D eigenvalue weighted by Gasteiger charge is 2.29. The fourth-order valence-electron chi connectivity index (χ4n) is 3.11. The molecular weight excluding hydrogens is 338 g/mol. The summed E-state index contributed by atoms with van der Waals surface area (Å²) in [5.74, 6) is -0.466. The maximum atomic E-state index is 14.2. The Morgan fingerprint density at radius 2 is 2.00 bits per heavy atom. The molecule has 1 aromatic carbocycles. The van der Waals surface area contributed by atoms with Crippen LogP contribution in [0.3, 0.4) is 0 Å². The van der Waals surface area contributed by atoms with E-state index in [0.29, 0.717) is 25.6 Å². The lowest BCUT2D eigenvalue weighted by molar-refractivity contribution is 0.0283. The Hall–Kier alpha value is -1.73. The number of hydrogen-bond donors (Lipinski definition) is 2. The standard InChI is InChI=1S/C19H30F2N4O/c1-5-22-18(24-13-19(2)10-7-11-26-19)23-12-16(25(3)4)17-14(20)8-6-9-15(17)21/h6,8-9,16H,5,7,10-13H2,1-4H3,(H2,22,23,24). The molecular formula is C19H30F2N4O. The molecule has 1 saturated heterocycles. The van der Waals surface area contributed by atoms with Crippen LogP contribution in [0, 0.1) is 11.6 Å². The molecule has 2 rings (SSSR count). The van der Waals surface area contributed by atoms with Crippen LogP contribution in [0.4, 0.5) is 8.78 Å². The van der Waals surface area contributed by atoms with Gasteiger partial charge in [-0.1, -0.05) is 6.07 Å². The number of benzene rings is 1. The van der Waals surface area contributed by atoms with Gasteiger partial charge in [-0.25, -0.2) is 8.78 Å². The Morgan fingerprint density at radius 1 is 1.31 bits per heavy atom. The molecule has 1 aliphatic rings. The van der Waals surface area contributed by atoms with Crippen molar-refractivity contribution in [1.29, 1.82) is 0 Å². The van der Waals surface area contributed by atoms with Gasteiger partial charge >= 0.3 is 0 Å². The van der Waals surface area contributed by atoms with Gasteiger partial charge in [0.25, 0.3) is 0 Å². The number of hydrogen-bond acceptors (Lipinski definition) is 3. The van der Waals surface area contributed by atoms with Crippen LogP contribution in [0.5, 0.6) is 0 Å². The van der Waals surface area contributed by atoms with Crippen molar-refractivity contribution in [2.24, 2.45) is 4.99 Å². The second-order valence-corrected chi connectivity index (χ2v) is 7.09. The SMILES string of the molecule is CCNC(=NCC1(C)CCCO1)NCC(c1c(F)cccc1F)N(C)C. The van der Waals surface area contributed by atoms with E-state index in [-0.39, 0.29) is 11.2 Å². The van der Waals surface area contributed by atoms with Gasteiger partial charge in [-0.05, 0) is 52.9 Å². The van der Waals surface area contributed by atoms with E-state index in [9.17, 15) is 8.78 Å². The third-order valence-electron chi connectivity index (χ3n) is 4.64. The highest BCUT2D eigenvalue weighted by molar-refractivity contribution is 5.79. The van der Waals surface area contributed by atoms with Gasteiger partial charge in [-0.15, -0.1) is 0 Å². The van der Waals surface area contributed by atoms with Crippen LogP contribution >= 0.6 is 0 Å². The zero-order chi connectivity index (χ0) is 19.2. The summed E-state index contributed by atoms with van der Waals surface area (Å²) >= 11 is 0. The van der Waals surface area contributed by atoms with Crippen molar-refractivity contribution in [1.82, 2.24) is 15.5 Å². The Bertz CT molecular complexity index is 595. The van der Waals surface area contributed by atoms with Crippen molar-refractivity contribution in [3.8, 4) is 0 Å². The van der Waals surface area contributed by atoms with Crippen LogP contribution in [-0.2, 0) is 4.74 Å². The van der Waals surface area contributed by atoms with Gasteiger partial charge in [0.05, 0.1) is 18.2 Å². The molecule has 0 aromatic heterocycles. The summed E-state index contributed by atoms with van der Waals surface area (Å²) in [5.41, 5.74) is -0.173. The van der Waals surface area contributed by atoms with Crippen LogP contribution in [0.25, 0.3) is 0 Å². The van der Waals surface area contributed by atoms with Gasteiger partial charge < -0.3 is 20.3 Å². The smallest absolute Gasteiger partial charge is 0.191 e. The Labute approximate surface area is 154 Å². The summed E-state index contributed by atoms with van der Waals surface area (Å²) in [6.45, 7) is 6.38. The predicted molar refractivity (Wildman–Crippen MR) is 100 cm³/mol. The number of halogens is 2.